The third kappa shape index (κ3) is 3.45. The van der Waals surface area contributed by atoms with E-state index in [1.807, 2.05) is 6.92 Å². The van der Waals surface area contributed by atoms with Gasteiger partial charge in [-0.3, -0.25) is 4.79 Å². The van der Waals surface area contributed by atoms with Crippen molar-refractivity contribution in [2.75, 3.05) is 19.7 Å². The maximum Gasteiger partial charge on any atom is 0.259 e. The van der Waals surface area contributed by atoms with Crippen LogP contribution in [0, 0.1) is 0 Å². The highest BCUT2D eigenvalue weighted by Gasteiger charge is 2.18. The molecule has 4 heteroatoms. The van der Waals surface area contributed by atoms with Gasteiger partial charge in [-0.2, -0.15) is 0 Å². The summed E-state index contributed by atoms with van der Waals surface area (Å²) in [5.41, 5.74) is 0.461. The molecule has 0 aliphatic carbocycles. The number of ether oxygens (including phenoxy) is 1. The summed E-state index contributed by atoms with van der Waals surface area (Å²) < 4.78 is 5.35. The standard InChI is InChI=1S/C14H18N2O2/c1-4-10-16(11-5-2)14(17)12-8-7-9-15-13(12)18-6-3/h4-5,7-9H,1-2,6,10-11H2,3H3. The van der Waals surface area contributed by atoms with Crippen molar-refractivity contribution in [3.63, 3.8) is 0 Å². The molecule has 0 aliphatic rings. The largest absolute Gasteiger partial charge is 0.477 e. The summed E-state index contributed by atoms with van der Waals surface area (Å²) in [6, 6.07) is 3.43. The Morgan fingerprint density at radius 3 is 2.67 bits per heavy atom. The number of carbonyl (C=O) groups excluding carboxylic acids is 1. The molecule has 0 bridgehead atoms. The summed E-state index contributed by atoms with van der Waals surface area (Å²) >= 11 is 0. The maximum atomic E-state index is 12.3. The molecule has 1 heterocycles. The summed E-state index contributed by atoms with van der Waals surface area (Å²) in [6.07, 6.45) is 4.96. The topological polar surface area (TPSA) is 42.4 Å². The van der Waals surface area contributed by atoms with Gasteiger partial charge in [0.1, 0.15) is 5.56 Å². The molecule has 1 rings (SSSR count). The van der Waals surface area contributed by atoms with Gasteiger partial charge in [-0.25, -0.2) is 4.98 Å². The summed E-state index contributed by atoms with van der Waals surface area (Å²) in [7, 11) is 0. The molecular weight excluding hydrogens is 228 g/mol. The zero-order valence-corrected chi connectivity index (χ0v) is 10.6. The smallest absolute Gasteiger partial charge is 0.259 e. The predicted octanol–water partition coefficient (Wildman–Crippen LogP) is 2.29. The molecule has 96 valence electrons. The van der Waals surface area contributed by atoms with Gasteiger partial charge in [0, 0.05) is 19.3 Å². The van der Waals surface area contributed by atoms with Crippen LogP contribution in [0.15, 0.2) is 43.6 Å². The van der Waals surface area contributed by atoms with E-state index in [1.165, 1.54) is 0 Å². The van der Waals surface area contributed by atoms with Crippen LogP contribution >= 0.6 is 0 Å². The van der Waals surface area contributed by atoms with Crippen LogP contribution in [0.5, 0.6) is 5.88 Å². The van der Waals surface area contributed by atoms with E-state index in [-0.39, 0.29) is 5.91 Å². The van der Waals surface area contributed by atoms with Gasteiger partial charge in [0.05, 0.1) is 6.61 Å². The van der Waals surface area contributed by atoms with Gasteiger partial charge in [0.2, 0.25) is 5.88 Å². The summed E-state index contributed by atoms with van der Waals surface area (Å²) in [5, 5.41) is 0. The normalized spacial score (nSPS) is 9.61. The fourth-order valence-electron chi connectivity index (χ4n) is 1.53. The van der Waals surface area contributed by atoms with Crippen molar-refractivity contribution < 1.29 is 9.53 Å². The minimum absolute atomic E-state index is 0.133. The van der Waals surface area contributed by atoms with Gasteiger partial charge in [0.15, 0.2) is 0 Å². The second-order valence-corrected chi connectivity index (χ2v) is 3.58. The molecule has 0 atom stereocenters. The SMILES string of the molecule is C=CCN(CC=C)C(=O)c1cccnc1OCC. The van der Waals surface area contributed by atoms with Crippen LogP contribution in [0.2, 0.25) is 0 Å². The number of hydrogen-bond acceptors (Lipinski definition) is 3. The van der Waals surface area contributed by atoms with Crippen molar-refractivity contribution in [3.05, 3.63) is 49.2 Å². The average molecular weight is 246 g/mol. The minimum Gasteiger partial charge on any atom is -0.477 e. The second-order valence-electron chi connectivity index (χ2n) is 3.58. The van der Waals surface area contributed by atoms with Crippen molar-refractivity contribution >= 4 is 5.91 Å². The van der Waals surface area contributed by atoms with E-state index >= 15 is 0 Å². The van der Waals surface area contributed by atoms with Crippen molar-refractivity contribution in [2.45, 2.75) is 6.92 Å². The van der Waals surface area contributed by atoms with Crippen LogP contribution in [0.25, 0.3) is 0 Å². The molecule has 0 saturated carbocycles. The quantitative estimate of drug-likeness (QED) is 0.693. The van der Waals surface area contributed by atoms with E-state index in [2.05, 4.69) is 18.1 Å². The summed E-state index contributed by atoms with van der Waals surface area (Å²) in [6.45, 7) is 10.5. The second kappa shape index (κ2) is 7.27. The van der Waals surface area contributed by atoms with Crippen LogP contribution in [-0.2, 0) is 0 Å². The monoisotopic (exact) mass is 246 g/mol. The van der Waals surface area contributed by atoms with E-state index in [1.54, 1.807) is 35.4 Å². The molecule has 1 aromatic heterocycles. The Morgan fingerprint density at radius 1 is 1.44 bits per heavy atom. The number of hydrogen-bond donors (Lipinski definition) is 0. The molecule has 18 heavy (non-hydrogen) atoms. The van der Waals surface area contributed by atoms with Crippen molar-refractivity contribution in [1.29, 1.82) is 0 Å². The molecule has 0 fully saturated rings. The molecule has 4 nitrogen and oxygen atoms in total. The number of nitrogens with zero attached hydrogens (tertiary/aromatic N) is 2. The van der Waals surface area contributed by atoms with E-state index < -0.39 is 0 Å². The number of amides is 1. The third-order valence-corrected chi connectivity index (χ3v) is 2.27. The molecule has 1 aromatic rings. The maximum absolute atomic E-state index is 12.3. The minimum atomic E-state index is -0.133. The first-order valence-electron chi connectivity index (χ1n) is 5.83. The van der Waals surface area contributed by atoms with Gasteiger partial charge in [-0.15, -0.1) is 13.2 Å². The van der Waals surface area contributed by atoms with Crippen LogP contribution in [0.3, 0.4) is 0 Å². The number of aromatic nitrogens is 1. The van der Waals surface area contributed by atoms with Gasteiger partial charge < -0.3 is 9.64 Å². The fourth-order valence-corrected chi connectivity index (χ4v) is 1.53. The molecule has 0 spiro atoms. The Kier molecular flexibility index (Phi) is 5.64. The lowest BCUT2D eigenvalue weighted by Gasteiger charge is -2.20. The van der Waals surface area contributed by atoms with Gasteiger partial charge >= 0.3 is 0 Å². The van der Waals surface area contributed by atoms with Gasteiger partial charge in [0.25, 0.3) is 5.91 Å². The van der Waals surface area contributed by atoms with E-state index in [0.717, 1.165) is 0 Å². The molecule has 0 N–H and O–H groups in total. The molecule has 1 amide bonds. The van der Waals surface area contributed by atoms with Crippen molar-refractivity contribution in [3.8, 4) is 5.88 Å². The number of pyridine rings is 1. The first-order chi connectivity index (χ1) is 8.74. The Morgan fingerprint density at radius 2 is 2.11 bits per heavy atom. The molecule has 0 radical (unpaired) electrons. The number of rotatable bonds is 7. The highest BCUT2D eigenvalue weighted by atomic mass is 16.5. The van der Waals surface area contributed by atoms with Crippen LogP contribution in [0.1, 0.15) is 17.3 Å². The van der Waals surface area contributed by atoms with Crippen LogP contribution in [0.4, 0.5) is 0 Å². The lowest BCUT2D eigenvalue weighted by Crippen LogP contribution is -2.31. The molecule has 0 saturated heterocycles. The average Bonchev–Trinajstić information content (AvgIpc) is 2.39. The van der Waals surface area contributed by atoms with E-state index in [4.69, 9.17) is 4.74 Å². The van der Waals surface area contributed by atoms with Gasteiger partial charge in [-0.05, 0) is 19.1 Å². The first kappa shape index (κ1) is 14.0. The molecular formula is C14H18N2O2. The van der Waals surface area contributed by atoms with Gasteiger partial charge in [-0.1, -0.05) is 12.2 Å². The van der Waals surface area contributed by atoms with Crippen LogP contribution in [-0.4, -0.2) is 35.5 Å². The number of carbonyl (C=O) groups is 1. The van der Waals surface area contributed by atoms with E-state index in [9.17, 15) is 4.79 Å². The summed E-state index contributed by atoms with van der Waals surface area (Å²) in [4.78, 5) is 18.0. The van der Waals surface area contributed by atoms with Crippen molar-refractivity contribution in [2.24, 2.45) is 0 Å². The highest BCUT2D eigenvalue weighted by molar-refractivity contribution is 5.96. The fraction of sp³-hybridized carbons (Fsp3) is 0.286. The lowest BCUT2D eigenvalue weighted by molar-refractivity contribution is 0.0785. The Balaban J connectivity index is 2.99. The first-order valence-corrected chi connectivity index (χ1v) is 5.83. The third-order valence-electron chi connectivity index (χ3n) is 2.27. The van der Waals surface area contributed by atoms with Crippen molar-refractivity contribution in [1.82, 2.24) is 9.88 Å². The zero-order chi connectivity index (χ0) is 13.4. The van der Waals surface area contributed by atoms with E-state index in [0.29, 0.717) is 31.1 Å². The summed E-state index contributed by atoms with van der Waals surface area (Å²) in [5.74, 6) is 0.231. The molecule has 0 aromatic carbocycles. The Hall–Kier alpha value is -2.10. The zero-order valence-electron chi connectivity index (χ0n) is 10.6. The molecule has 0 unspecified atom stereocenters. The Labute approximate surface area is 108 Å². The highest BCUT2D eigenvalue weighted by Crippen LogP contribution is 2.16. The molecule has 0 aliphatic heterocycles. The Bertz CT molecular complexity index is 420. The predicted molar refractivity (Wildman–Crippen MR) is 71.7 cm³/mol. The van der Waals surface area contributed by atoms with Crippen LogP contribution < -0.4 is 4.74 Å². The lowest BCUT2D eigenvalue weighted by atomic mass is 10.2.